The Kier molecular flexibility index (Phi) is 4.26. The smallest absolute Gasteiger partial charge is 0.317 e. The largest absolute Gasteiger partial charge is 0.333 e. The molecular formula is C13H25N3O. The zero-order valence-corrected chi connectivity index (χ0v) is 11.0. The van der Waals surface area contributed by atoms with Gasteiger partial charge in [-0.25, -0.2) is 4.79 Å². The van der Waals surface area contributed by atoms with Crippen molar-refractivity contribution < 1.29 is 4.79 Å². The van der Waals surface area contributed by atoms with Gasteiger partial charge in [0.25, 0.3) is 0 Å². The zero-order chi connectivity index (χ0) is 12.3. The molecule has 2 fully saturated rings. The molecule has 4 heteroatoms. The summed E-state index contributed by atoms with van der Waals surface area (Å²) in [7, 11) is 0. The van der Waals surface area contributed by atoms with Crippen molar-refractivity contribution in [2.75, 3.05) is 26.2 Å². The van der Waals surface area contributed by atoms with Crippen molar-refractivity contribution in [2.24, 2.45) is 11.8 Å². The van der Waals surface area contributed by atoms with E-state index < -0.39 is 0 Å². The first kappa shape index (κ1) is 12.7. The van der Waals surface area contributed by atoms with E-state index in [2.05, 4.69) is 24.5 Å². The Balaban J connectivity index is 1.73. The molecule has 0 aromatic heterocycles. The first-order valence-corrected chi connectivity index (χ1v) is 6.93. The van der Waals surface area contributed by atoms with Crippen LogP contribution in [0.1, 0.15) is 33.1 Å². The molecule has 2 rings (SSSR count). The normalized spacial score (nSPS) is 29.8. The number of carbonyl (C=O) groups is 1. The maximum atomic E-state index is 11.8. The fourth-order valence-electron chi connectivity index (χ4n) is 2.69. The van der Waals surface area contributed by atoms with Gasteiger partial charge in [-0.3, -0.25) is 0 Å². The Bertz CT molecular complexity index is 261. The highest BCUT2D eigenvalue weighted by atomic mass is 16.2. The van der Waals surface area contributed by atoms with Gasteiger partial charge in [0.15, 0.2) is 0 Å². The first-order chi connectivity index (χ1) is 8.16. The van der Waals surface area contributed by atoms with Crippen LogP contribution in [-0.2, 0) is 0 Å². The predicted octanol–water partition coefficient (Wildman–Crippen LogP) is 1.43. The van der Waals surface area contributed by atoms with Gasteiger partial charge < -0.3 is 15.5 Å². The monoisotopic (exact) mass is 239 g/mol. The van der Waals surface area contributed by atoms with E-state index in [1.807, 2.05) is 4.90 Å². The second-order valence-electron chi connectivity index (χ2n) is 5.75. The zero-order valence-electron chi connectivity index (χ0n) is 11.0. The van der Waals surface area contributed by atoms with E-state index in [0.29, 0.717) is 12.0 Å². The molecule has 2 atom stereocenters. The van der Waals surface area contributed by atoms with E-state index in [-0.39, 0.29) is 6.03 Å². The molecule has 0 spiro atoms. The third-order valence-corrected chi connectivity index (χ3v) is 4.02. The summed E-state index contributed by atoms with van der Waals surface area (Å²) in [5.41, 5.74) is 0. The van der Waals surface area contributed by atoms with Crippen LogP contribution >= 0.6 is 0 Å². The number of nitrogens with one attached hydrogen (secondary N) is 2. The van der Waals surface area contributed by atoms with Crippen LogP contribution < -0.4 is 10.6 Å². The third kappa shape index (κ3) is 3.35. The Morgan fingerprint density at radius 3 is 2.88 bits per heavy atom. The number of hydrogen-bond donors (Lipinski definition) is 2. The highest BCUT2D eigenvalue weighted by Gasteiger charge is 2.30. The second-order valence-corrected chi connectivity index (χ2v) is 5.75. The Morgan fingerprint density at radius 1 is 1.47 bits per heavy atom. The van der Waals surface area contributed by atoms with Crippen molar-refractivity contribution in [3.8, 4) is 0 Å². The van der Waals surface area contributed by atoms with E-state index >= 15 is 0 Å². The van der Waals surface area contributed by atoms with Gasteiger partial charge in [0.05, 0.1) is 6.04 Å². The van der Waals surface area contributed by atoms with E-state index in [1.165, 1.54) is 12.8 Å². The molecule has 2 amide bonds. The van der Waals surface area contributed by atoms with Crippen molar-refractivity contribution in [1.82, 2.24) is 15.5 Å². The summed E-state index contributed by atoms with van der Waals surface area (Å²) in [5.74, 6) is 1.29. The second kappa shape index (κ2) is 5.71. The van der Waals surface area contributed by atoms with Gasteiger partial charge in [0.1, 0.15) is 0 Å². The minimum Gasteiger partial charge on any atom is -0.333 e. The van der Waals surface area contributed by atoms with Crippen LogP contribution in [0.25, 0.3) is 0 Å². The molecule has 2 aliphatic rings. The van der Waals surface area contributed by atoms with Gasteiger partial charge in [-0.05, 0) is 44.2 Å². The Labute approximate surface area is 104 Å². The number of amides is 2. The van der Waals surface area contributed by atoms with E-state index in [4.69, 9.17) is 0 Å². The summed E-state index contributed by atoms with van der Waals surface area (Å²) in [6.45, 7) is 8.43. The van der Waals surface area contributed by atoms with Gasteiger partial charge in [-0.15, -0.1) is 0 Å². The minimum absolute atomic E-state index is 0.132. The van der Waals surface area contributed by atoms with Crippen molar-refractivity contribution in [2.45, 2.75) is 39.2 Å². The van der Waals surface area contributed by atoms with E-state index in [0.717, 1.165) is 38.5 Å². The third-order valence-electron chi connectivity index (χ3n) is 4.02. The minimum atomic E-state index is 0.132. The molecule has 2 aliphatic heterocycles. The number of nitrogens with zero attached hydrogens (tertiary/aromatic N) is 1. The van der Waals surface area contributed by atoms with Crippen LogP contribution in [0.3, 0.4) is 0 Å². The van der Waals surface area contributed by atoms with Crippen LogP contribution in [0.2, 0.25) is 0 Å². The average molecular weight is 239 g/mol. The van der Waals surface area contributed by atoms with Crippen LogP contribution in [0.15, 0.2) is 0 Å². The lowest BCUT2D eigenvalue weighted by Gasteiger charge is -2.25. The highest BCUT2D eigenvalue weighted by molar-refractivity contribution is 5.76. The molecule has 0 aromatic carbocycles. The fourth-order valence-corrected chi connectivity index (χ4v) is 2.69. The Hall–Kier alpha value is -0.770. The molecule has 2 N–H and O–H groups in total. The average Bonchev–Trinajstić information content (AvgIpc) is 2.70. The van der Waals surface area contributed by atoms with Gasteiger partial charge in [0, 0.05) is 13.1 Å². The van der Waals surface area contributed by atoms with Crippen molar-refractivity contribution >= 4 is 6.03 Å². The predicted molar refractivity (Wildman–Crippen MR) is 68.9 cm³/mol. The number of carbonyl (C=O) groups excluding carboxylic acids is 1. The molecule has 4 nitrogen and oxygen atoms in total. The fraction of sp³-hybridized carbons (Fsp3) is 0.923. The maximum Gasteiger partial charge on any atom is 0.317 e. The van der Waals surface area contributed by atoms with Gasteiger partial charge >= 0.3 is 6.03 Å². The molecule has 0 saturated carbocycles. The highest BCUT2D eigenvalue weighted by Crippen LogP contribution is 2.17. The SMILES string of the molecule is CC(C)C1CN(CCC2CCCNC2)C(=O)N1. The molecule has 2 unspecified atom stereocenters. The van der Waals surface area contributed by atoms with E-state index in [9.17, 15) is 4.79 Å². The summed E-state index contributed by atoms with van der Waals surface area (Å²) in [6, 6.07) is 0.472. The lowest BCUT2D eigenvalue weighted by atomic mass is 9.96. The molecule has 0 aliphatic carbocycles. The molecule has 2 heterocycles. The van der Waals surface area contributed by atoms with Crippen molar-refractivity contribution in [3.63, 3.8) is 0 Å². The molecule has 17 heavy (non-hydrogen) atoms. The quantitative estimate of drug-likeness (QED) is 0.779. The number of rotatable bonds is 4. The van der Waals surface area contributed by atoms with Crippen LogP contribution in [0, 0.1) is 11.8 Å². The van der Waals surface area contributed by atoms with Crippen LogP contribution in [0.5, 0.6) is 0 Å². The van der Waals surface area contributed by atoms with Crippen molar-refractivity contribution in [1.29, 1.82) is 0 Å². The van der Waals surface area contributed by atoms with Gasteiger partial charge in [-0.1, -0.05) is 13.8 Å². The lowest BCUT2D eigenvalue weighted by Crippen LogP contribution is -2.34. The van der Waals surface area contributed by atoms with Crippen LogP contribution in [-0.4, -0.2) is 43.2 Å². The molecule has 0 radical (unpaired) electrons. The molecule has 0 aromatic rings. The summed E-state index contributed by atoms with van der Waals surface area (Å²) in [4.78, 5) is 13.7. The lowest BCUT2D eigenvalue weighted by molar-refractivity contribution is 0.211. The molecule has 2 saturated heterocycles. The summed E-state index contributed by atoms with van der Waals surface area (Å²) < 4.78 is 0. The molecule has 0 bridgehead atoms. The Morgan fingerprint density at radius 2 is 2.29 bits per heavy atom. The summed E-state index contributed by atoms with van der Waals surface area (Å²) in [5, 5.41) is 6.49. The van der Waals surface area contributed by atoms with Gasteiger partial charge in [0.2, 0.25) is 0 Å². The molecular weight excluding hydrogens is 214 g/mol. The summed E-state index contributed by atoms with van der Waals surface area (Å²) in [6.07, 6.45) is 3.74. The maximum absolute atomic E-state index is 11.8. The van der Waals surface area contributed by atoms with E-state index in [1.54, 1.807) is 0 Å². The standard InChI is InChI=1S/C13H25N3O/c1-10(2)12-9-16(13(17)15-12)7-5-11-4-3-6-14-8-11/h10-12,14H,3-9H2,1-2H3,(H,15,17). The number of urea groups is 1. The summed E-state index contributed by atoms with van der Waals surface area (Å²) >= 11 is 0. The van der Waals surface area contributed by atoms with Crippen molar-refractivity contribution in [3.05, 3.63) is 0 Å². The first-order valence-electron chi connectivity index (χ1n) is 6.93. The molecule has 98 valence electrons. The number of piperidine rings is 1. The van der Waals surface area contributed by atoms with Gasteiger partial charge in [-0.2, -0.15) is 0 Å². The van der Waals surface area contributed by atoms with Crippen LogP contribution in [0.4, 0.5) is 4.79 Å². The topological polar surface area (TPSA) is 44.4 Å². The number of hydrogen-bond acceptors (Lipinski definition) is 2.